The Morgan fingerprint density at radius 2 is 2.38 bits per heavy atom. The van der Waals surface area contributed by atoms with E-state index < -0.39 is 0 Å². The summed E-state index contributed by atoms with van der Waals surface area (Å²) in [5.41, 5.74) is -0.0805. The number of aromatic nitrogens is 2. The van der Waals surface area contributed by atoms with Gasteiger partial charge in [0, 0.05) is 26.3 Å². The molecule has 2 rings (SSSR count). The highest BCUT2D eigenvalue weighted by molar-refractivity contribution is 5.92. The predicted molar refractivity (Wildman–Crippen MR) is 73.1 cm³/mol. The third kappa shape index (κ3) is 3.87. The Morgan fingerprint density at radius 3 is 3.10 bits per heavy atom. The number of ether oxygens (including phenoxy) is 2. The highest BCUT2D eigenvalue weighted by Gasteiger charge is 2.25. The molecule has 1 aromatic rings. The minimum Gasteiger partial charge on any atom is -0.394 e. The molecule has 0 saturated carbocycles. The van der Waals surface area contributed by atoms with E-state index in [2.05, 4.69) is 5.10 Å². The Hall–Kier alpha value is -1.77. The highest BCUT2D eigenvalue weighted by atomic mass is 16.5. The van der Waals surface area contributed by atoms with Gasteiger partial charge >= 0.3 is 0 Å². The Balaban J connectivity index is 2.13. The van der Waals surface area contributed by atoms with Gasteiger partial charge in [-0.2, -0.15) is 5.10 Å². The van der Waals surface area contributed by atoms with E-state index in [0.29, 0.717) is 32.8 Å². The molecule has 21 heavy (non-hydrogen) atoms. The fourth-order valence-corrected chi connectivity index (χ4v) is 2.08. The van der Waals surface area contributed by atoms with Crippen molar-refractivity contribution < 1.29 is 19.4 Å². The van der Waals surface area contributed by atoms with Gasteiger partial charge in [0.1, 0.15) is 5.69 Å². The van der Waals surface area contributed by atoms with Crippen LogP contribution in [0.1, 0.15) is 10.5 Å². The van der Waals surface area contributed by atoms with Crippen molar-refractivity contribution >= 4 is 5.91 Å². The van der Waals surface area contributed by atoms with Crippen LogP contribution in [0.15, 0.2) is 16.9 Å². The number of aliphatic hydroxyl groups is 1. The summed E-state index contributed by atoms with van der Waals surface area (Å²) in [5.74, 6) is -0.275. The summed E-state index contributed by atoms with van der Waals surface area (Å²) in [7, 11) is 1.53. The van der Waals surface area contributed by atoms with Crippen molar-refractivity contribution in [3.8, 4) is 0 Å². The van der Waals surface area contributed by atoms with Crippen LogP contribution >= 0.6 is 0 Å². The van der Waals surface area contributed by atoms with Gasteiger partial charge in [-0.3, -0.25) is 9.59 Å². The fraction of sp³-hybridized carbons (Fsp3) is 0.615. The molecule has 1 aromatic heterocycles. The first-order chi connectivity index (χ1) is 10.2. The minimum absolute atomic E-state index is 0.134. The Bertz CT molecular complexity index is 545. The smallest absolute Gasteiger partial charge is 0.274 e. The van der Waals surface area contributed by atoms with Gasteiger partial charge in [-0.15, -0.1) is 0 Å². The van der Waals surface area contributed by atoms with Crippen LogP contribution in [0.4, 0.5) is 0 Å². The first kappa shape index (κ1) is 15.6. The summed E-state index contributed by atoms with van der Waals surface area (Å²) < 4.78 is 11.4. The molecule has 1 unspecified atom stereocenters. The van der Waals surface area contributed by atoms with E-state index in [1.807, 2.05) is 0 Å². The van der Waals surface area contributed by atoms with Crippen LogP contribution in [0.3, 0.4) is 0 Å². The lowest BCUT2D eigenvalue weighted by molar-refractivity contribution is -0.0449. The zero-order chi connectivity index (χ0) is 15.2. The number of nitrogens with zero attached hydrogens (tertiary/aromatic N) is 3. The van der Waals surface area contributed by atoms with Crippen molar-refractivity contribution in [2.24, 2.45) is 0 Å². The van der Waals surface area contributed by atoms with Gasteiger partial charge in [0.25, 0.3) is 11.5 Å². The van der Waals surface area contributed by atoms with E-state index in [4.69, 9.17) is 14.6 Å². The van der Waals surface area contributed by atoms with E-state index in [-0.39, 0.29) is 29.9 Å². The number of hydrogen-bond donors (Lipinski definition) is 1. The summed E-state index contributed by atoms with van der Waals surface area (Å²) in [6, 6.07) is 2.73. The van der Waals surface area contributed by atoms with E-state index in [9.17, 15) is 9.59 Å². The van der Waals surface area contributed by atoms with Gasteiger partial charge < -0.3 is 19.5 Å². The van der Waals surface area contributed by atoms with Crippen LogP contribution in [0.2, 0.25) is 0 Å². The molecule has 1 aliphatic rings. The molecule has 8 heteroatoms. The van der Waals surface area contributed by atoms with Crippen molar-refractivity contribution in [3.05, 3.63) is 28.2 Å². The maximum Gasteiger partial charge on any atom is 0.274 e. The first-order valence-corrected chi connectivity index (χ1v) is 6.74. The molecule has 0 spiro atoms. The lowest BCUT2D eigenvalue weighted by Gasteiger charge is -2.31. The third-order valence-electron chi connectivity index (χ3n) is 3.22. The molecular formula is C13H19N3O5. The van der Waals surface area contributed by atoms with Crippen LogP contribution in [-0.4, -0.2) is 71.8 Å². The molecule has 1 saturated heterocycles. The molecule has 1 aliphatic heterocycles. The molecular weight excluding hydrogens is 278 g/mol. The van der Waals surface area contributed by atoms with Gasteiger partial charge in [0.05, 0.1) is 32.5 Å². The van der Waals surface area contributed by atoms with Gasteiger partial charge in [0.15, 0.2) is 0 Å². The standard InChI is InChI=1S/C13H19N3O5/c1-20-6-5-16-12(18)3-2-11(14-16)13(19)15-4-7-21-10(8-15)9-17/h2-3,10,17H,4-9H2,1H3. The number of hydrogen-bond acceptors (Lipinski definition) is 6. The molecule has 116 valence electrons. The Kier molecular flexibility index (Phi) is 5.43. The zero-order valence-electron chi connectivity index (χ0n) is 11.9. The largest absolute Gasteiger partial charge is 0.394 e. The lowest BCUT2D eigenvalue weighted by Crippen LogP contribution is -2.47. The number of morpholine rings is 1. The van der Waals surface area contributed by atoms with Gasteiger partial charge in [-0.1, -0.05) is 0 Å². The Morgan fingerprint density at radius 1 is 1.57 bits per heavy atom. The van der Waals surface area contributed by atoms with Crippen LogP contribution < -0.4 is 5.56 Å². The molecule has 0 bridgehead atoms. The zero-order valence-corrected chi connectivity index (χ0v) is 11.9. The quantitative estimate of drug-likeness (QED) is 0.728. The first-order valence-electron chi connectivity index (χ1n) is 6.74. The molecule has 0 radical (unpaired) electrons. The number of aliphatic hydroxyl groups excluding tert-OH is 1. The highest BCUT2D eigenvalue weighted by Crippen LogP contribution is 2.08. The SMILES string of the molecule is COCCn1nc(C(=O)N2CCOC(CO)C2)ccc1=O. The van der Waals surface area contributed by atoms with Crippen LogP contribution in [0, 0.1) is 0 Å². The van der Waals surface area contributed by atoms with Crippen LogP contribution in [0.5, 0.6) is 0 Å². The number of carbonyl (C=O) groups excluding carboxylic acids is 1. The summed E-state index contributed by atoms with van der Waals surface area (Å²) in [6.45, 7) is 1.63. The summed E-state index contributed by atoms with van der Waals surface area (Å²) in [6.07, 6.45) is -0.373. The van der Waals surface area contributed by atoms with Crippen molar-refractivity contribution in [3.63, 3.8) is 0 Å². The average Bonchev–Trinajstić information content (AvgIpc) is 2.53. The average molecular weight is 297 g/mol. The summed E-state index contributed by atoms with van der Waals surface area (Å²) >= 11 is 0. The second-order valence-electron chi connectivity index (χ2n) is 4.70. The third-order valence-corrected chi connectivity index (χ3v) is 3.22. The summed E-state index contributed by atoms with van der Waals surface area (Å²) in [5, 5.41) is 13.2. The molecule has 1 atom stereocenters. The fourth-order valence-electron chi connectivity index (χ4n) is 2.08. The maximum atomic E-state index is 12.4. The molecule has 2 heterocycles. The van der Waals surface area contributed by atoms with Gasteiger partial charge in [-0.25, -0.2) is 4.68 Å². The number of carbonyl (C=O) groups is 1. The van der Waals surface area contributed by atoms with E-state index in [0.717, 1.165) is 0 Å². The lowest BCUT2D eigenvalue weighted by atomic mass is 10.2. The molecule has 1 fully saturated rings. The van der Waals surface area contributed by atoms with Crippen LogP contribution in [0.25, 0.3) is 0 Å². The van der Waals surface area contributed by atoms with E-state index >= 15 is 0 Å². The van der Waals surface area contributed by atoms with Crippen molar-refractivity contribution in [1.29, 1.82) is 0 Å². The number of amides is 1. The second kappa shape index (κ2) is 7.30. The Labute approximate surface area is 121 Å². The van der Waals surface area contributed by atoms with Crippen molar-refractivity contribution in [2.75, 3.05) is 40.0 Å². The summed E-state index contributed by atoms with van der Waals surface area (Å²) in [4.78, 5) is 25.6. The second-order valence-corrected chi connectivity index (χ2v) is 4.70. The molecule has 0 aliphatic carbocycles. The van der Waals surface area contributed by atoms with Crippen LogP contribution in [-0.2, 0) is 16.0 Å². The minimum atomic E-state index is -0.373. The monoisotopic (exact) mass is 297 g/mol. The van der Waals surface area contributed by atoms with Crippen molar-refractivity contribution in [1.82, 2.24) is 14.7 Å². The maximum absolute atomic E-state index is 12.4. The van der Waals surface area contributed by atoms with Gasteiger partial charge in [0.2, 0.25) is 0 Å². The predicted octanol–water partition coefficient (Wildman–Crippen LogP) is -1.28. The normalized spacial score (nSPS) is 18.8. The number of rotatable bonds is 5. The van der Waals surface area contributed by atoms with Crippen molar-refractivity contribution in [2.45, 2.75) is 12.6 Å². The molecule has 1 amide bonds. The van der Waals surface area contributed by atoms with E-state index in [1.165, 1.54) is 23.9 Å². The van der Waals surface area contributed by atoms with Gasteiger partial charge in [-0.05, 0) is 6.07 Å². The molecule has 0 aromatic carbocycles. The molecule has 8 nitrogen and oxygen atoms in total. The number of methoxy groups -OCH3 is 1. The molecule has 1 N–H and O–H groups in total. The topological polar surface area (TPSA) is 93.9 Å². The van der Waals surface area contributed by atoms with E-state index in [1.54, 1.807) is 4.90 Å².